The van der Waals surface area contributed by atoms with E-state index in [1.807, 2.05) is 20.0 Å². The molecule has 0 amide bonds. The molecule has 1 atom stereocenters. The monoisotopic (exact) mass is 299 g/mol. The molecule has 20 heavy (non-hydrogen) atoms. The lowest BCUT2D eigenvalue weighted by atomic mass is 9.77. The lowest BCUT2D eigenvalue weighted by Crippen LogP contribution is -2.38. The second kappa shape index (κ2) is 7.39. The zero-order valence-corrected chi connectivity index (χ0v) is 12.9. The van der Waals surface area contributed by atoms with Gasteiger partial charge in [0.1, 0.15) is 5.82 Å². The fourth-order valence-electron chi connectivity index (χ4n) is 2.90. The first kappa shape index (κ1) is 15.7. The predicted molar refractivity (Wildman–Crippen MR) is 80.7 cm³/mol. The molecule has 0 saturated heterocycles. The highest BCUT2D eigenvalue weighted by Gasteiger charge is 2.31. The van der Waals surface area contributed by atoms with Crippen molar-refractivity contribution in [2.75, 3.05) is 13.7 Å². The Hall–Kier alpha value is -0.640. The molecule has 0 spiro atoms. The summed E-state index contributed by atoms with van der Waals surface area (Å²) >= 11 is 5.71. The van der Waals surface area contributed by atoms with Gasteiger partial charge in [-0.2, -0.15) is 0 Å². The van der Waals surface area contributed by atoms with Crippen molar-refractivity contribution < 1.29 is 9.13 Å². The van der Waals surface area contributed by atoms with Gasteiger partial charge in [-0.3, -0.25) is 0 Å². The summed E-state index contributed by atoms with van der Waals surface area (Å²) in [6.07, 6.45) is 4.71. The first-order valence-electron chi connectivity index (χ1n) is 7.35. The summed E-state index contributed by atoms with van der Waals surface area (Å²) in [7, 11) is 1.97. The van der Waals surface area contributed by atoms with Crippen molar-refractivity contribution in [1.29, 1.82) is 0 Å². The Morgan fingerprint density at radius 3 is 2.80 bits per heavy atom. The Bertz CT molecular complexity index is 434. The normalized spacial score (nSPS) is 23.4. The molecular weight excluding hydrogens is 277 g/mol. The molecule has 0 heterocycles. The van der Waals surface area contributed by atoms with E-state index in [4.69, 9.17) is 16.3 Å². The van der Waals surface area contributed by atoms with E-state index in [1.165, 1.54) is 6.07 Å². The highest BCUT2D eigenvalue weighted by Crippen LogP contribution is 2.34. The molecule has 1 aromatic rings. The summed E-state index contributed by atoms with van der Waals surface area (Å²) in [5.41, 5.74) is 0.993. The van der Waals surface area contributed by atoms with Gasteiger partial charge in [0.2, 0.25) is 0 Å². The lowest BCUT2D eigenvalue weighted by Gasteiger charge is -2.37. The Morgan fingerprint density at radius 1 is 1.45 bits per heavy atom. The summed E-state index contributed by atoms with van der Waals surface area (Å²) in [5.74, 6) is 0.389. The summed E-state index contributed by atoms with van der Waals surface area (Å²) in [6.45, 7) is 2.84. The zero-order chi connectivity index (χ0) is 14.5. The molecule has 1 aliphatic carbocycles. The van der Waals surface area contributed by atoms with Gasteiger partial charge >= 0.3 is 0 Å². The van der Waals surface area contributed by atoms with Gasteiger partial charge in [-0.1, -0.05) is 17.7 Å². The van der Waals surface area contributed by atoms with E-state index in [0.717, 1.165) is 43.8 Å². The van der Waals surface area contributed by atoms with E-state index in [-0.39, 0.29) is 10.8 Å². The number of halogens is 2. The van der Waals surface area contributed by atoms with Crippen LogP contribution in [0.15, 0.2) is 18.2 Å². The van der Waals surface area contributed by atoms with Crippen molar-refractivity contribution in [2.45, 2.75) is 44.8 Å². The lowest BCUT2D eigenvalue weighted by molar-refractivity contribution is -0.0288. The van der Waals surface area contributed by atoms with Crippen molar-refractivity contribution in [3.63, 3.8) is 0 Å². The number of hydrogen-bond donors (Lipinski definition) is 1. The van der Waals surface area contributed by atoms with Gasteiger partial charge in [0.25, 0.3) is 0 Å². The van der Waals surface area contributed by atoms with Crippen LogP contribution >= 0.6 is 11.6 Å². The zero-order valence-electron chi connectivity index (χ0n) is 12.2. The molecule has 1 aromatic carbocycles. The van der Waals surface area contributed by atoms with Crippen LogP contribution in [0.5, 0.6) is 0 Å². The van der Waals surface area contributed by atoms with E-state index in [0.29, 0.717) is 12.1 Å². The van der Waals surface area contributed by atoms with E-state index < -0.39 is 0 Å². The van der Waals surface area contributed by atoms with Crippen LogP contribution in [0.4, 0.5) is 4.39 Å². The van der Waals surface area contributed by atoms with Gasteiger partial charge in [0.15, 0.2) is 0 Å². The van der Waals surface area contributed by atoms with Crippen molar-refractivity contribution in [3.8, 4) is 0 Å². The van der Waals surface area contributed by atoms with Crippen LogP contribution in [0, 0.1) is 11.7 Å². The Labute approximate surface area is 125 Å². The fraction of sp³-hybridized carbons (Fsp3) is 0.625. The highest BCUT2D eigenvalue weighted by atomic mass is 35.5. The average Bonchev–Trinajstić information content (AvgIpc) is 2.39. The molecule has 1 fully saturated rings. The van der Waals surface area contributed by atoms with Crippen LogP contribution in [-0.2, 0) is 11.2 Å². The van der Waals surface area contributed by atoms with Crippen LogP contribution < -0.4 is 5.32 Å². The molecule has 1 aliphatic rings. The van der Waals surface area contributed by atoms with Crippen LogP contribution in [-0.4, -0.2) is 25.8 Å². The van der Waals surface area contributed by atoms with E-state index in [1.54, 1.807) is 6.07 Å². The first-order chi connectivity index (χ1) is 9.62. The second-order valence-corrected chi connectivity index (χ2v) is 6.00. The van der Waals surface area contributed by atoms with Gasteiger partial charge in [-0.25, -0.2) is 4.39 Å². The molecule has 2 rings (SSSR count). The minimum absolute atomic E-state index is 0.188. The Morgan fingerprint density at radius 2 is 2.20 bits per heavy atom. The molecule has 1 unspecified atom stereocenters. The number of rotatable bonds is 7. The summed E-state index contributed by atoms with van der Waals surface area (Å²) in [6, 6.07) is 5.45. The number of ether oxygens (including phenoxy) is 1. The minimum atomic E-state index is -0.334. The van der Waals surface area contributed by atoms with Gasteiger partial charge in [-0.15, -0.1) is 0 Å². The van der Waals surface area contributed by atoms with Gasteiger partial charge in [0, 0.05) is 12.6 Å². The van der Waals surface area contributed by atoms with Gasteiger partial charge in [-0.05, 0) is 63.3 Å². The molecule has 112 valence electrons. The number of benzene rings is 1. The van der Waals surface area contributed by atoms with Crippen molar-refractivity contribution in [2.24, 2.45) is 5.92 Å². The summed E-state index contributed by atoms with van der Waals surface area (Å²) in [4.78, 5) is 0. The summed E-state index contributed by atoms with van der Waals surface area (Å²) < 4.78 is 19.0. The van der Waals surface area contributed by atoms with E-state index in [9.17, 15) is 4.39 Å². The minimum Gasteiger partial charge on any atom is -0.378 e. The van der Waals surface area contributed by atoms with Gasteiger partial charge < -0.3 is 10.1 Å². The molecule has 1 saturated carbocycles. The van der Waals surface area contributed by atoms with Crippen molar-refractivity contribution in [3.05, 3.63) is 34.6 Å². The van der Waals surface area contributed by atoms with Crippen LogP contribution in [0.1, 0.15) is 31.7 Å². The number of likely N-dealkylation sites (N-methyl/N-ethyl adjacent to an activating group) is 1. The SMILES string of the molecule is CCOC1CC(CC(Cc2ccc(Cl)c(F)c2)NC)C1. The third-order valence-electron chi connectivity index (χ3n) is 4.09. The molecule has 0 aromatic heterocycles. The van der Waals surface area contributed by atoms with Crippen LogP contribution in [0.25, 0.3) is 0 Å². The smallest absolute Gasteiger partial charge is 0.142 e. The quantitative estimate of drug-likeness (QED) is 0.826. The van der Waals surface area contributed by atoms with E-state index >= 15 is 0 Å². The number of nitrogens with one attached hydrogen (secondary N) is 1. The third kappa shape index (κ3) is 4.18. The second-order valence-electron chi connectivity index (χ2n) is 5.59. The van der Waals surface area contributed by atoms with Crippen molar-refractivity contribution >= 4 is 11.6 Å². The molecule has 0 bridgehead atoms. The maximum atomic E-state index is 13.4. The molecule has 2 nitrogen and oxygen atoms in total. The molecule has 0 radical (unpaired) electrons. The predicted octanol–water partition coefficient (Wildman–Crippen LogP) is 3.81. The van der Waals surface area contributed by atoms with Crippen LogP contribution in [0.3, 0.4) is 0 Å². The van der Waals surface area contributed by atoms with Gasteiger partial charge in [0.05, 0.1) is 11.1 Å². The highest BCUT2D eigenvalue weighted by molar-refractivity contribution is 6.30. The maximum absolute atomic E-state index is 13.4. The molecule has 1 N–H and O–H groups in total. The topological polar surface area (TPSA) is 21.3 Å². The Kier molecular flexibility index (Phi) is 5.82. The number of hydrogen-bond acceptors (Lipinski definition) is 2. The molecule has 4 heteroatoms. The average molecular weight is 300 g/mol. The largest absolute Gasteiger partial charge is 0.378 e. The molecular formula is C16H23ClFNO. The van der Waals surface area contributed by atoms with E-state index in [2.05, 4.69) is 5.32 Å². The fourth-order valence-corrected chi connectivity index (χ4v) is 3.01. The summed E-state index contributed by atoms with van der Waals surface area (Å²) in [5, 5.41) is 3.52. The standard InChI is InChI=1S/C16H23ClFNO/c1-3-20-14-8-12(9-14)7-13(19-2)6-11-4-5-15(17)16(18)10-11/h4-5,10,12-14,19H,3,6-9H2,1-2H3. The molecule has 0 aliphatic heterocycles. The Balaban J connectivity index is 1.82. The third-order valence-corrected chi connectivity index (χ3v) is 4.39. The van der Waals surface area contributed by atoms with Crippen LogP contribution in [0.2, 0.25) is 5.02 Å². The maximum Gasteiger partial charge on any atom is 0.142 e. The first-order valence-corrected chi connectivity index (χ1v) is 7.73. The van der Waals surface area contributed by atoms with Crippen molar-refractivity contribution in [1.82, 2.24) is 5.32 Å².